The molecule has 2 aromatic rings. The summed E-state index contributed by atoms with van der Waals surface area (Å²) >= 11 is 0. The van der Waals surface area contributed by atoms with Crippen LogP contribution in [0.25, 0.3) is 0 Å². The van der Waals surface area contributed by atoms with Crippen molar-refractivity contribution in [1.82, 2.24) is 21.3 Å². The molecule has 0 atom stereocenters. The molecule has 0 aromatic heterocycles. The summed E-state index contributed by atoms with van der Waals surface area (Å²) in [5.41, 5.74) is 6.53. The molecule has 0 unspecified atom stereocenters. The van der Waals surface area contributed by atoms with Crippen LogP contribution >= 0.6 is 0 Å². The van der Waals surface area contributed by atoms with E-state index >= 15 is 0 Å². The van der Waals surface area contributed by atoms with Crippen LogP contribution in [-0.4, -0.2) is 66.6 Å². The van der Waals surface area contributed by atoms with Crippen LogP contribution in [0.3, 0.4) is 0 Å². The van der Waals surface area contributed by atoms with Gasteiger partial charge >= 0.3 is 18.1 Å². The van der Waals surface area contributed by atoms with Gasteiger partial charge in [-0.1, -0.05) is 6.92 Å². The maximum Gasteiger partial charge on any atom is 0.321 e. The van der Waals surface area contributed by atoms with E-state index in [2.05, 4.69) is 36.9 Å². The van der Waals surface area contributed by atoms with Gasteiger partial charge in [-0.3, -0.25) is 4.79 Å². The number of nitrogens with two attached hydrogens (primary N) is 1. The first-order chi connectivity index (χ1) is 18.6. The number of carbonyl (C=O) groups is 4. The molecule has 0 radical (unpaired) electrons. The molecule has 15 heteroatoms. The highest BCUT2D eigenvalue weighted by Gasteiger charge is 2.03. The average molecular weight is 547 g/mol. The highest BCUT2D eigenvalue weighted by molar-refractivity contribution is 5.94. The van der Waals surface area contributed by atoms with Crippen LogP contribution < -0.4 is 37.6 Å². The first-order valence-corrected chi connectivity index (χ1v) is 11.8. The van der Waals surface area contributed by atoms with Crippen molar-refractivity contribution in [2.24, 2.45) is 10.7 Å². The van der Waals surface area contributed by atoms with E-state index in [0.717, 1.165) is 0 Å². The van der Waals surface area contributed by atoms with Crippen LogP contribution in [0.4, 0.5) is 25.8 Å². The van der Waals surface area contributed by atoms with E-state index in [-0.39, 0.29) is 55.7 Å². The number of amides is 7. The Bertz CT molecular complexity index is 1090. The summed E-state index contributed by atoms with van der Waals surface area (Å²) in [5, 5.41) is 33.1. The minimum atomic E-state index is -0.471. The van der Waals surface area contributed by atoms with Gasteiger partial charge < -0.3 is 52.6 Å². The molecule has 15 nitrogen and oxygen atoms in total. The van der Waals surface area contributed by atoms with Crippen molar-refractivity contribution in [3.8, 4) is 11.5 Å². The van der Waals surface area contributed by atoms with E-state index in [0.29, 0.717) is 17.9 Å². The number of hydrogen-bond donors (Lipinski definition) is 9. The highest BCUT2D eigenvalue weighted by atomic mass is 16.5. The maximum atomic E-state index is 11.5. The van der Waals surface area contributed by atoms with Gasteiger partial charge in [0.15, 0.2) is 0 Å². The number of phenols is 2. The molecule has 212 valence electrons. The number of aliphatic imine (C=N–C) groups is 1. The molecule has 0 aliphatic carbocycles. The Morgan fingerprint density at radius 1 is 0.769 bits per heavy atom. The van der Waals surface area contributed by atoms with Gasteiger partial charge in [-0.15, -0.1) is 0 Å². The Morgan fingerprint density at radius 2 is 1.26 bits per heavy atom. The van der Waals surface area contributed by atoms with Crippen molar-refractivity contribution in [2.45, 2.75) is 20.3 Å². The summed E-state index contributed by atoms with van der Waals surface area (Å²) < 4.78 is 5.05. The second-order valence-electron chi connectivity index (χ2n) is 7.41. The minimum Gasteiger partial charge on any atom is -0.508 e. The number of carbonyl (C=O) groups excluding carboxylic acids is 4. The van der Waals surface area contributed by atoms with E-state index < -0.39 is 12.1 Å². The monoisotopic (exact) mass is 546 g/mol. The van der Waals surface area contributed by atoms with E-state index in [1.54, 1.807) is 38.1 Å². The van der Waals surface area contributed by atoms with Crippen LogP contribution in [-0.2, 0) is 9.53 Å². The zero-order valence-corrected chi connectivity index (χ0v) is 21.6. The molecule has 0 fully saturated rings. The van der Waals surface area contributed by atoms with Gasteiger partial charge in [0, 0.05) is 24.3 Å². The molecule has 0 spiro atoms. The number of rotatable bonds is 10. The number of hydrogen-bond acceptors (Lipinski definition) is 7. The molecule has 7 amide bonds. The fourth-order valence-electron chi connectivity index (χ4n) is 2.41. The molecular weight excluding hydrogens is 512 g/mol. The number of nitrogens with one attached hydrogen (secondary N) is 6. The summed E-state index contributed by atoms with van der Waals surface area (Å²) in [7, 11) is 0. The Kier molecular flexibility index (Phi) is 15.0. The molecule has 39 heavy (non-hydrogen) atoms. The summed E-state index contributed by atoms with van der Waals surface area (Å²) in [6, 6.07) is 10.8. The predicted octanol–water partition coefficient (Wildman–Crippen LogP) is 1.57. The highest BCUT2D eigenvalue weighted by Crippen LogP contribution is 2.14. The zero-order valence-electron chi connectivity index (χ0n) is 21.6. The number of benzene rings is 2. The average Bonchev–Trinajstić information content (AvgIpc) is 2.90. The Labute approximate surface area is 225 Å². The summed E-state index contributed by atoms with van der Waals surface area (Å²) in [5.74, 6) is -0.0312. The van der Waals surface area contributed by atoms with Gasteiger partial charge in [-0.05, 0) is 55.5 Å². The number of nitrogens with zero attached hydrogens (tertiary/aromatic N) is 1. The van der Waals surface area contributed by atoms with E-state index in [4.69, 9.17) is 20.7 Å². The van der Waals surface area contributed by atoms with Gasteiger partial charge in [0.2, 0.25) is 5.91 Å². The second-order valence-corrected chi connectivity index (χ2v) is 7.41. The lowest BCUT2D eigenvalue weighted by Crippen LogP contribution is -2.43. The van der Waals surface area contributed by atoms with Gasteiger partial charge in [-0.2, -0.15) is 4.99 Å². The molecule has 10 N–H and O–H groups in total. The largest absolute Gasteiger partial charge is 0.508 e. The van der Waals surface area contributed by atoms with Gasteiger partial charge in [0.25, 0.3) is 0 Å². The second kappa shape index (κ2) is 18.2. The topological polar surface area (TPSA) is 229 Å². The Morgan fingerprint density at radius 3 is 1.74 bits per heavy atom. The number of anilines is 2. The van der Waals surface area contributed by atoms with Crippen molar-refractivity contribution in [2.75, 3.05) is 37.2 Å². The van der Waals surface area contributed by atoms with E-state index in [1.807, 2.05) is 0 Å². The normalized spacial score (nSPS) is 10.3. The van der Waals surface area contributed by atoms with Gasteiger partial charge in [0.05, 0.1) is 6.67 Å². The van der Waals surface area contributed by atoms with Crippen LogP contribution in [0.5, 0.6) is 11.5 Å². The lowest BCUT2D eigenvalue weighted by Gasteiger charge is -2.09. The van der Waals surface area contributed by atoms with Gasteiger partial charge in [0.1, 0.15) is 30.7 Å². The Balaban J connectivity index is 0.000000395. The molecule has 0 saturated heterocycles. The molecule has 0 saturated carbocycles. The lowest BCUT2D eigenvalue weighted by atomic mass is 10.3. The third-order valence-corrected chi connectivity index (χ3v) is 4.24. The SMILES string of the molecule is CCC(=O)N=C(N)COCNC(=O)Nc1ccc(O)cc1.CCNC(=O)NCNC(=O)Nc1ccc(O)cc1. The third kappa shape index (κ3) is 15.6. The van der Waals surface area contributed by atoms with Crippen molar-refractivity contribution < 1.29 is 34.1 Å². The zero-order chi connectivity index (χ0) is 29.0. The van der Waals surface area contributed by atoms with Crippen molar-refractivity contribution in [3.05, 3.63) is 48.5 Å². The molecule has 2 rings (SSSR count). The molecule has 0 heterocycles. The Hall–Kier alpha value is -5.05. The molecule has 0 aliphatic rings. The van der Waals surface area contributed by atoms with Crippen molar-refractivity contribution >= 4 is 41.2 Å². The summed E-state index contributed by atoms with van der Waals surface area (Å²) in [6.45, 7) is 3.88. The van der Waals surface area contributed by atoms with Gasteiger partial charge in [-0.25, -0.2) is 14.4 Å². The molecular formula is C24H34N8O7. The van der Waals surface area contributed by atoms with Crippen LogP contribution in [0.1, 0.15) is 20.3 Å². The molecule has 0 aliphatic heterocycles. The lowest BCUT2D eigenvalue weighted by molar-refractivity contribution is -0.117. The van der Waals surface area contributed by atoms with E-state index in [1.165, 1.54) is 24.3 Å². The molecule has 2 aromatic carbocycles. The fourth-order valence-corrected chi connectivity index (χ4v) is 2.41. The maximum absolute atomic E-state index is 11.5. The third-order valence-electron chi connectivity index (χ3n) is 4.24. The predicted molar refractivity (Wildman–Crippen MR) is 145 cm³/mol. The van der Waals surface area contributed by atoms with Crippen molar-refractivity contribution in [3.63, 3.8) is 0 Å². The minimum absolute atomic E-state index is 0.0236. The van der Waals surface area contributed by atoms with Crippen LogP contribution in [0, 0.1) is 0 Å². The first kappa shape index (κ1) is 32.0. The molecule has 0 bridgehead atoms. The number of amidine groups is 1. The van der Waals surface area contributed by atoms with Crippen molar-refractivity contribution in [1.29, 1.82) is 0 Å². The number of phenolic OH excluding ortho intramolecular Hbond substituents is 2. The van der Waals surface area contributed by atoms with E-state index in [9.17, 15) is 19.2 Å². The number of urea groups is 3. The fraction of sp³-hybridized carbons (Fsp3) is 0.292. The quantitative estimate of drug-likeness (QED) is 0.0696. The summed E-state index contributed by atoms with van der Waals surface area (Å²) in [4.78, 5) is 48.4. The summed E-state index contributed by atoms with van der Waals surface area (Å²) in [6.07, 6.45) is 0.272. The number of aromatic hydroxyl groups is 2. The first-order valence-electron chi connectivity index (χ1n) is 11.8. The van der Waals surface area contributed by atoms with Crippen LogP contribution in [0.2, 0.25) is 0 Å². The standard InChI is InChI=1S/C13H18N4O4.C11H16N4O3/c1-2-12(19)17-11(14)7-21-8-15-13(20)16-9-3-5-10(18)6-4-9;1-2-12-10(17)13-7-14-11(18)15-8-3-5-9(16)6-4-8/h3-6,18H,2,7-8H2,1H3,(H2,14,17,19)(H2,15,16,20);3-6,16H,2,7H2,1H3,(H2,12,13,17)(H2,14,15,18). The number of ether oxygens (including phenoxy) is 1. The van der Waals surface area contributed by atoms with Crippen LogP contribution in [0.15, 0.2) is 53.5 Å². The smallest absolute Gasteiger partial charge is 0.321 e.